The zero-order chi connectivity index (χ0) is 13.0. The van der Waals surface area contributed by atoms with Gasteiger partial charge >= 0.3 is 5.97 Å². The van der Waals surface area contributed by atoms with Gasteiger partial charge in [-0.3, -0.25) is 4.79 Å². The van der Waals surface area contributed by atoms with Crippen LogP contribution in [0.2, 0.25) is 0 Å². The van der Waals surface area contributed by atoms with E-state index in [0.717, 1.165) is 25.9 Å². The van der Waals surface area contributed by atoms with Crippen molar-refractivity contribution in [1.82, 2.24) is 5.32 Å². The Kier molecular flexibility index (Phi) is 5.30. The summed E-state index contributed by atoms with van der Waals surface area (Å²) in [5.74, 6) is 0.565. The first-order chi connectivity index (χ1) is 8.64. The number of esters is 1. The lowest BCUT2D eigenvalue weighted by molar-refractivity contribution is -0.170. The molecule has 1 saturated carbocycles. The Labute approximate surface area is 124 Å². The molecule has 0 bridgehead atoms. The molecule has 0 spiro atoms. The van der Waals surface area contributed by atoms with Crippen molar-refractivity contribution in [3.63, 3.8) is 0 Å². The molecular weight excluding hydrogens is 341 g/mol. The van der Waals surface area contributed by atoms with Crippen LogP contribution in [0.5, 0.6) is 0 Å². The van der Waals surface area contributed by atoms with Gasteiger partial charge in [-0.15, -0.1) is 0 Å². The molecule has 2 fully saturated rings. The lowest BCUT2D eigenvalue weighted by atomic mass is 9.72. The average molecular weight is 365 g/mol. The van der Waals surface area contributed by atoms with Gasteiger partial charge in [0.1, 0.15) is 9.53 Å². The van der Waals surface area contributed by atoms with Gasteiger partial charge in [-0.1, -0.05) is 41.9 Å². The van der Waals surface area contributed by atoms with Gasteiger partial charge in [0.05, 0.1) is 0 Å². The largest absolute Gasteiger partial charge is 0.458 e. The van der Waals surface area contributed by atoms with Gasteiger partial charge < -0.3 is 10.1 Å². The van der Waals surface area contributed by atoms with Gasteiger partial charge in [-0.05, 0) is 51.6 Å². The molecule has 2 aliphatic rings. The summed E-state index contributed by atoms with van der Waals surface area (Å²) in [5, 5.41) is 3.39. The molecule has 0 amide bonds. The molecule has 1 aliphatic heterocycles. The van der Waals surface area contributed by atoms with Gasteiger partial charge in [0.2, 0.25) is 0 Å². The van der Waals surface area contributed by atoms with Crippen LogP contribution in [-0.2, 0) is 9.53 Å². The minimum atomic E-state index is -0.164. The highest BCUT2D eigenvalue weighted by molar-refractivity contribution is 14.1. The number of hydrogen-bond acceptors (Lipinski definition) is 3. The van der Waals surface area contributed by atoms with Crippen molar-refractivity contribution in [3.05, 3.63) is 0 Å². The molecule has 0 aromatic carbocycles. The van der Waals surface area contributed by atoms with E-state index in [1.807, 2.05) is 6.92 Å². The van der Waals surface area contributed by atoms with E-state index < -0.39 is 0 Å². The molecule has 104 valence electrons. The van der Waals surface area contributed by atoms with Crippen LogP contribution in [0.1, 0.15) is 51.9 Å². The first-order valence-electron chi connectivity index (χ1n) is 7.22. The van der Waals surface area contributed by atoms with Crippen LogP contribution in [0.25, 0.3) is 0 Å². The van der Waals surface area contributed by atoms with E-state index in [4.69, 9.17) is 4.74 Å². The fraction of sp³-hybridized carbons (Fsp3) is 0.929. The molecular formula is C14H24INO2. The molecule has 0 aromatic rings. The van der Waals surface area contributed by atoms with Crippen LogP contribution in [0.4, 0.5) is 0 Å². The predicted molar refractivity (Wildman–Crippen MR) is 81.0 cm³/mol. The Hall–Kier alpha value is 0.160. The number of nitrogens with one attached hydrogen (secondary N) is 1. The maximum absolute atomic E-state index is 12.0. The van der Waals surface area contributed by atoms with Crippen molar-refractivity contribution in [3.8, 4) is 0 Å². The molecule has 0 aromatic heterocycles. The van der Waals surface area contributed by atoms with Crippen molar-refractivity contribution in [2.24, 2.45) is 5.92 Å². The van der Waals surface area contributed by atoms with Crippen molar-refractivity contribution < 1.29 is 9.53 Å². The molecule has 4 heteroatoms. The quantitative estimate of drug-likeness (QED) is 0.475. The molecule has 1 atom stereocenters. The zero-order valence-electron chi connectivity index (χ0n) is 11.2. The van der Waals surface area contributed by atoms with Crippen molar-refractivity contribution in [2.45, 2.75) is 61.4 Å². The summed E-state index contributed by atoms with van der Waals surface area (Å²) in [7, 11) is 0. The van der Waals surface area contributed by atoms with E-state index in [0.29, 0.717) is 5.92 Å². The number of piperidine rings is 1. The average Bonchev–Trinajstić information content (AvgIpc) is 2.40. The molecule has 1 heterocycles. The number of hydrogen-bond donors (Lipinski definition) is 1. The molecule has 0 radical (unpaired) electrons. The highest BCUT2D eigenvalue weighted by atomic mass is 127. The molecule has 3 nitrogen and oxygen atoms in total. The first kappa shape index (κ1) is 14.6. The topological polar surface area (TPSA) is 38.3 Å². The Morgan fingerprint density at radius 2 is 1.89 bits per heavy atom. The number of carbonyl (C=O) groups excluding carboxylic acids is 1. The van der Waals surface area contributed by atoms with Crippen molar-refractivity contribution >= 4 is 28.6 Å². The van der Waals surface area contributed by atoms with Gasteiger partial charge in [-0.2, -0.15) is 0 Å². The van der Waals surface area contributed by atoms with Crippen LogP contribution < -0.4 is 5.32 Å². The summed E-state index contributed by atoms with van der Waals surface area (Å²) >= 11 is 2.15. The molecule has 1 unspecified atom stereocenters. The van der Waals surface area contributed by atoms with Crippen LogP contribution in [-0.4, -0.2) is 28.6 Å². The van der Waals surface area contributed by atoms with Crippen LogP contribution in [0.15, 0.2) is 0 Å². The van der Waals surface area contributed by atoms with Crippen molar-refractivity contribution in [1.29, 1.82) is 0 Å². The van der Waals surface area contributed by atoms with E-state index in [1.54, 1.807) is 0 Å². The Morgan fingerprint density at radius 3 is 2.44 bits per heavy atom. The predicted octanol–water partition coefficient (Wildman–Crippen LogP) is 3.06. The van der Waals surface area contributed by atoms with Crippen molar-refractivity contribution in [2.75, 3.05) is 13.1 Å². The zero-order valence-corrected chi connectivity index (χ0v) is 13.4. The van der Waals surface area contributed by atoms with E-state index >= 15 is 0 Å². The third kappa shape index (κ3) is 3.38. The fourth-order valence-electron chi connectivity index (χ4n) is 3.35. The van der Waals surface area contributed by atoms with E-state index in [2.05, 4.69) is 27.9 Å². The molecule has 2 rings (SSSR count). The lowest BCUT2D eigenvalue weighted by Gasteiger charge is -2.44. The second kappa shape index (κ2) is 6.55. The summed E-state index contributed by atoms with van der Waals surface area (Å²) in [6, 6.07) is 0. The van der Waals surface area contributed by atoms with Gasteiger partial charge in [0.15, 0.2) is 0 Å². The SMILES string of the molecule is CC(I)C(=O)OC1(C2CCCCC2)CCNCC1. The maximum Gasteiger partial charge on any atom is 0.319 e. The molecule has 1 aliphatic carbocycles. The summed E-state index contributed by atoms with van der Waals surface area (Å²) in [4.78, 5) is 12.0. The Balaban J connectivity index is 2.08. The second-order valence-electron chi connectivity index (χ2n) is 5.69. The number of carbonyl (C=O) groups is 1. The monoisotopic (exact) mass is 365 g/mol. The van der Waals surface area contributed by atoms with Crippen LogP contribution >= 0.6 is 22.6 Å². The summed E-state index contributed by atoms with van der Waals surface area (Å²) in [5.41, 5.74) is -0.164. The molecule has 1 N–H and O–H groups in total. The fourth-order valence-corrected chi connectivity index (χ4v) is 3.48. The maximum atomic E-state index is 12.0. The number of rotatable bonds is 3. The number of halogens is 1. The standard InChI is InChI=1S/C14H24INO2/c1-11(15)13(17)18-14(7-9-16-10-8-14)12-5-3-2-4-6-12/h11-12,16H,2-10H2,1H3. The summed E-state index contributed by atoms with van der Waals surface area (Å²) in [6.45, 7) is 3.89. The lowest BCUT2D eigenvalue weighted by Crippen LogP contribution is -2.51. The normalized spacial score (nSPS) is 26.6. The summed E-state index contributed by atoms with van der Waals surface area (Å²) in [6.07, 6.45) is 8.42. The third-order valence-corrected chi connectivity index (χ3v) is 4.94. The van der Waals surface area contributed by atoms with Gasteiger partial charge in [-0.25, -0.2) is 0 Å². The van der Waals surface area contributed by atoms with E-state index in [9.17, 15) is 4.79 Å². The minimum Gasteiger partial charge on any atom is -0.458 e. The smallest absolute Gasteiger partial charge is 0.319 e. The van der Waals surface area contributed by atoms with Gasteiger partial charge in [0, 0.05) is 0 Å². The Bertz CT molecular complexity index is 282. The minimum absolute atomic E-state index is 0.0249. The number of ether oxygens (including phenoxy) is 1. The van der Waals surface area contributed by atoms with E-state index in [1.165, 1.54) is 32.1 Å². The highest BCUT2D eigenvalue weighted by Crippen LogP contribution is 2.41. The second-order valence-corrected chi connectivity index (χ2v) is 7.56. The molecule has 1 saturated heterocycles. The van der Waals surface area contributed by atoms with Crippen LogP contribution in [0.3, 0.4) is 0 Å². The van der Waals surface area contributed by atoms with Crippen LogP contribution in [0, 0.1) is 5.92 Å². The third-order valence-electron chi connectivity index (χ3n) is 4.43. The van der Waals surface area contributed by atoms with Gasteiger partial charge in [0.25, 0.3) is 0 Å². The summed E-state index contributed by atoms with van der Waals surface area (Å²) < 4.78 is 5.95. The Morgan fingerprint density at radius 1 is 1.28 bits per heavy atom. The molecule has 18 heavy (non-hydrogen) atoms. The number of alkyl halides is 1. The van der Waals surface area contributed by atoms with E-state index in [-0.39, 0.29) is 15.5 Å². The highest BCUT2D eigenvalue weighted by Gasteiger charge is 2.43. The first-order valence-corrected chi connectivity index (χ1v) is 8.46.